The first kappa shape index (κ1) is 11.8. The van der Waals surface area contributed by atoms with Crippen LogP contribution < -0.4 is 0 Å². The van der Waals surface area contributed by atoms with Crippen molar-refractivity contribution in [3.63, 3.8) is 0 Å². The van der Waals surface area contributed by atoms with E-state index in [1.807, 2.05) is 13.8 Å². The topological polar surface area (TPSA) is 26.3 Å². The molecule has 0 aliphatic rings. The zero-order valence-corrected chi connectivity index (χ0v) is 7.16. The molecule has 0 rings (SSSR count). The summed E-state index contributed by atoms with van der Waals surface area (Å²) in [5.74, 6) is 0. The van der Waals surface area contributed by atoms with E-state index in [-0.39, 0.29) is 0 Å². The fourth-order valence-corrected chi connectivity index (χ4v) is 0.388. The third-order valence-electron chi connectivity index (χ3n) is 0.255. The van der Waals surface area contributed by atoms with Gasteiger partial charge in [0.2, 0.25) is 0 Å². The van der Waals surface area contributed by atoms with Gasteiger partial charge >= 0.3 is 5.43 Å². The van der Waals surface area contributed by atoms with Crippen LogP contribution in [0.25, 0.3) is 0 Å². The summed E-state index contributed by atoms with van der Waals surface area (Å²) >= 11 is 9.87. The molecule has 1 unspecified atom stereocenters. The quantitative estimate of drug-likeness (QED) is 0.450. The Morgan fingerprint density at radius 3 is 1.89 bits per heavy atom. The van der Waals surface area contributed by atoms with Gasteiger partial charge in [0, 0.05) is 11.6 Å². The lowest BCUT2D eigenvalue weighted by atomic mass is 10.9. The van der Waals surface area contributed by atoms with E-state index in [9.17, 15) is 4.79 Å². The Labute approximate surface area is 65.1 Å². The zero-order chi connectivity index (χ0) is 7.86. The number of alkyl halides is 1. The minimum absolute atomic E-state index is 0.634. The molecule has 0 bridgehead atoms. The summed E-state index contributed by atoms with van der Waals surface area (Å²) in [4.78, 5) is 9.71. The maximum absolute atomic E-state index is 9.71. The van der Waals surface area contributed by atoms with Crippen molar-refractivity contribution in [1.29, 1.82) is 0 Å². The Bertz CT molecular complexity index is 73.4. The molecule has 0 spiro atoms. The van der Waals surface area contributed by atoms with Crippen LogP contribution in [-0.2, 0) is 4.74 Å². The highest BCUT2D eigenvalue weighted by molar-refractivity contribution is 6.61. The van der Waals surface area contributed by atoms with E-state index in [1.165, 1.54) is 6.92 Å². The molecule has 0 aliphatic carbocycles. The van der Waals surface area contributed by atoms with Crippen LogP contribution in [0.3, 0.4) is 0 Å². The van der Waals surface area contributed by atoms with Crippen LogP contribution in [0.1, 0.15) is 20.8 Å². The fourth-order valence-electron chi connectivity index (χ4n) is 0.128. The van der Waals surface area contributed by atoms with Crippen LogP contribution in [0.2, 0.25) is 0 Å². The molecule has 1 atom stereocenters. The van der Waals surface area contributed by atoms with Gasteiger partial charge in [0.15, 0.2) is 5.56 Å². The summed E-state index contributed by atoms with van der Waals surface area (Å²) in [6.07, 6.45) is 0. The standard InChI is InChI=1S/C3H4Cl2O2.C2H6/c1-2(4)7-3(5)6;1-2/h2H,1H3;1-2H3. The molecule has 0 aromatic heterocycles. The van der Waals surface area contributed by atoms with Crippen molar-refractivity contribution in [3.05, 3.63) is 0 Å². The van der Waals surface area contributed by atoms with E-state index >= 15 is 0 Å². The summed E-state index contributed by atoms with van der Waals surface area (Å²) in [5, 5.41) is 0. The molecule has 0 amide bonds. The highest BCUT2D eigenvalue weighted by Crippen LogP contribution is 1.98. The van der Waals surface area contributed by atoms with E-state index in [0.717, 1.165) is 0 Å². The first-order valence-electron chi connectivity index (χ1n) is 2.63. The van der Waals surface area contributed by atoms with Gasteiger partial charge < -0.3 is 4.74 Å². The van der Waals surface area contributed by atoms with Crippen LogP contribution in [0.4, 0.5) is 4.79 Å². The predicted molar refractivity (Wildman–Crippen MR) is 39.0 cm³/mol. The highest BCUT2D eigenvalue weighted by Gasteiger charge is 1.98. The first-order chi connectivity index (χ1) is 4.13. The summed E-state index contributed by atoms with van der Waals surface area (Å²) in [5.41, 5.74) is -1.51. The molecule has 4 heteroatoms. The summed E-state index contributed by atoms with van der Waals surface area (Å²) in [6, 6.07) is 0. The molecular formula is C5H10Cl2O2. The van der Waals surface area contributed by atoms with Crippen molar-refractivity contribution in [2.24, 2.45) is 0 Å². The third kappa shape index (κ3) is 18.0. The number of hydrogen-bond donors (Lipinski definition) is 0. The Kier molecular flexibility index (Phi) is 10.6. The van der Waals surface area contributed by atoms with Crippen LogP contribution in [0.15, 0.2) is 0 Å². The third-order valence-corrected chi connectivity index (χ3v) is 0.433. The van der Waals surface area contributed by atoms with Crippen molar-refractivity contribution in [1.82, 2.24) is 0 Å². The predicted octanol–water partition coefficient (Wildman–Crippen LogP) is 2.97. The van der Waals surface area contributed by atoms with Crippen LogP contribution in [0, 0.1) is 0 Å². The second-order valence-corrected chi connectivity index (χ2v) is 1.82. The molecule has 0 aromatic carbocycles. The lowest BCUT2D eigenvalue weighted by molar-refractivity contribution is 0.166. The highest BCUT2D eigenvalue weighted by atomic mass is 35.5. The fraction of sp³-hybridized carbons (Fsp3) is 0.800. The minimum atomic E-state index is -0.873. The lowest BCUT2D eigenvalue weighted by Gasteiger charge is -1.97. The molecule has 0 fully saturated rings. The Morgan fingerprint density at radius 2 is 1.89 bits per heavy atom. The van der Waals surface area contributed by atoms with Crippen LogP contribution >= 0.6 is 23.2 Å². The second kappa shape index (κ2) is 8.05. The van der Waals surface area contributed by atoms with Gasteiger partial charge in [-0.1, -0.05) is 25.4 Å². The second-order valence-electron chi connectivity index (χ2n) is 0.898. The molecule has 56 valence electrons. The average Bonchev–Trinajstić information content (AvgIpc) is 1.68. The summed E-state index contributed by atoms with van der Waals surface area (Å²) < 4.78 is 4.14. The summed E-state index contributed by atoms with van der Waals surface area (Å²) in [7, 11) is 0. The monoisotopic (exact) mass is 172 g/mol. The molecule has 2 nitrogen and oxygen atoms in total. The van der Waals surface area contributed by atoms with Gasteiger partial charge in [-0.05, 0) is 6.92 Å². The first-order valence-corrected chi connectivity index (χ1v) is 3.44. The molecule has 0 N–H and O–H groups in total. The smallest absolute Gasteiger partial charge is 0.405 e. The number of halogens is 2. The SMILES string of the molecule is CC.CC(Cl)OC(=O)Cl. The molecule has 0 saturated heterocycles. The maximum atomic E-state index is 9.71. The van der Waals surface area contributed by atoms with Crippen molar-refractivity contribution in [2.45, 2.75) is 26.3 Å². The number of hydrogen-bond acceptors (Lipinski definition) is 2. The number of carbonyl (C=O) groups excluding carboxylic acids is 1. The van der Waals surface area contributed by atoms with E-state index in [0.29, 0.717) is 0 Å². The number of carbonyl (C=O) groups is 1. The number of rotatable bonds is 1. The zero-order valence-electron chi connectivity index (χ0n) is 5.65. The van der Waals surface area contributed by atoms with Crippen molar-refractivity contribution in [2.75, 3.05) is 0 Å². The van der Waals surface area contributed by atoms with Gasteiger partial charge in [-0.25, -0.2) is 4.79 Å². The number of ether oxygens (including phenoxy) is 1. The van der Waals surface area contributed by atoms with Gasteiger partial charge in [0.1, 0.15) is 0 Å². The Hall–Kier alpha value is 0.0500. The van der Waals surface area contributed by atoms with Crippen molar-refractivity contribution < 1.29 is 9.53 Å². The molecule has 9 heavy (non-hydrogen) atoms. The van der Waals surface area contributed by atoms with Crippen molar-refractivity contribution >= 4 is 28.6 Å². The van der Waals surface area contributed by atoms with Crippen LogP contribution in [0.5, 0.6) is 0 Å². The van der Waals surface area contributed by atoms with E-state index < -0.39 is 11.0 Å². The molecule has 0 radical (unpaired) electrons. The Morgan fingerprint density at radius 1 is 1.56 bits per heavy atom. The summed E-state index contributed by atoms with van der Waals surface area (Å²) in [6.45, 7) is 5.50. The van der Waals surface area contributed by atoms with Gasteiger partial charge in [0.05, 0.1) is 0 Å². The van der Waals surface area contributed by atoms with E-state index in [4.69, 9.17) is 23.2 Å². The van der Waals surface area contributed by atoms with Crippen molar-refractivity contribution in [3.8, 4) is 0 Å². The van der Waals surface area contributed by atoms with Crippen LogP contribution in [-0.4, -0.2) is 11.0 Å². The molecule has 0 heterocycles. The molecule has 0 aliphatic heterocycles. The van der Waals surface area contributed by atoms with E-state index in [2.05, 4.69) is 4.74 Å². The normalized spacial score (nSPS) is 10.8. The largest absolute Gasteiger partial charge is 0.434 e. The van der Waals surface area contributed by atoms with Gasteiger partial charge in [-0.2, -0.15) is 0 Å². The average molecular weight is 173 g/mol. The van der Waals surface area contributed by atoms with Gasteiger partial charge in [0.25, 0.3) is 0 Å². The molecule has 0 aromatic rings. The minimum Gasteiger partial charge on any atom is -0.434 e. The van der Waals surface area contributed by atoms with Gasteiger partial charge in [-0.15, -0.1) is 0 Å². The maximum Gasteiger partial charge on any atom is 0.405 e. The Balaban J connectivity index is 0. The van der Waals surface area contributed by atoms with Gasteiger partial charge in [-0.3, -0.25) is 0 Å². The molecular weight excluding hydrogens is 163 g/mol. The lowest BCUT2D eigenvalue weighted by Crippen LogP contribution is -1.99. The molecule has 0 saturated carbocycles. The van der Waals surface area contributed by atoms with E-state index in [1.54, 1.807) is 0 Å².